The molecule has 1 aromatic carbocycles. The van der Waals surface area contributed by atoms with Gasteiger partial charge in [0.15, 0.2) is 0 Å². The third-order valence-electron chi connectivity index (χ3n) is 1.73. The number of nitriles is 1. The normalized spacial score (nSPS) is 10.0. The van der Waals surface area contributed by atoms with Crippen LogP contribution >= 0.6 is 0 Å². The Balaban J connectivity index is 2.59. The maximum Gasteiger partial charge on any atom is 0.101 e. The molecule has 3 nitrogen and oxygen atoms in total. The Bertz CT molecular complexity index is 353. The highest BCUT2D eigenvalue weighted by Gasteiger charge is 1.96. The van der Waals surface area contributed by atoms with Gasteiger partial charge in [-0.3, -0.25) is 0 Å². The van der Waals surface area contributed by atoms with Gasteiger partial charge in [-0.1, -0.05) is 24.3 Å². The molecule has 0 fully saturated rings. The van der Waals surface area contributed by atoms with Crippen LogP contribution in [0.15, 0.2) is 36.4 Å². The van der Waals surface area contributed by atoms with E-state index in [0.29, 0.717) is 12.1 Å². The zero-order valence-corrected chi connectivity index (χ0v) is 7.77. The number of aliphatic hydroxyl groups excluding tert-OH is 1. The van der Waals surface area contributed by atoms with Gasteiger partial charge < -0.3 is 10.4 Å². The summed E-state index contributed by atoms with van der Waals surface area (Å²) in [5, 5.41) is 20.3. The molecule has 0 radical (unpaired) electrons. The van der Waals surface area contributed by atoms with E-state index in [1.165, 1.54) is 0 Å². The van der Waals surface area contributed by atoms with E-state index >= 15 is 0 Å². The molecule has 0 amide bonds. The number of hydrogen-bond acceptors (Lipinski definition) is 3. The zero-order valence-electron chi connectivity index (χ0n) is 7.77. The summed E-state index contributed by atoms with van der Waals surface area (Å²) in [6.07, 6.45) is 3.47. The highest BCUT2D eigenvalue weighted by atomic mass is 16.2. The van der Waals surface area contributed by atoms with Crippen molar-refractivity contribution in [2.24, 2.45) is 0 Å². The van der Waals surface area contributed by atoms with Crippen LogP contribution in [0.5, 0.6) is 0 Å². The van der Waals surface area contributed by atoms with Crippen molar-refractivity contribution >= 4 is 5.69 Å². The van der Waals surface area contributed by atoms with Crippen LogP contribution in [0, 0.1) is 11.3 Å². The van der Waals surface area contributed by atoms with Gasteiger partial charge >= 0.3 is 0 Å². The second kappa shape index (κ2) is 5.79. The third-order valence-corrected chi connectivity index (χ3v) is 1.73. The van der Waals surface area contributed by atoms with Crippen LogP contribution in [0.2, 0.25) is 0 Å². The van der Waals surface area contributed by atoms with Crippen molar-refractivity contribution in [3.05, 3.63) is 42.0 Å². The summed E-state index contributed by atoms with van der Waals surface area (Å²) in [7, 11) is 0. The average Bonchev–Trinajstić information content (AvgIpc) is 2.25. The van der Waals surface area contributed by atoms with Crippen molar-refractivity contribution in [3.8, 4) is 6.07 Å². The van der Waals surface area contributed by atoms with Crippen molar-refractivity contribution < 1.29 is 5.11 Å². The van der Waals surface area contributed by atoms with Crippen LogP contribution < -0.4 is 5.32 Å². The van der Waals surface area contributed by atoms with Crippen LogP contribution in [0.4, 0.5) is 5.69 Å². The largest absolute Gasteiger partial charge is 0.392 e. The Morgan fingerprint density at radius 2 is 2.14 bits per heavy atom. The van der Waals surface area contributed by atoms with Crippen LogP contribution in [-0.4, -0.2) is 18.3 Å². The van der Waals surface area contributed by atoms with Gasteiger partial charge in [0, 0.05) is 6.54 Å². The fraction of sp³-hybridized carbons (Fsp3) is 0.182. The van der Waals surface area contributed by atoms with E-state index < -0.39 is 0 Å². The molecule has 0 aliphatic rings. The monoisotopic (exact) mass is 188 g/mol. The molecule has 0 spiro atoms. The fourth-order valence-corrected chi connectivity index (χ4v) is 1.06. The molecule has 1 rings (SSSR count). The molecule has 0 saturated heterocycles. The standard InChI is InChI=1S/C11H12N2O/c12-9-10-5-1-2-6-11(10)13-7-3-4-8-14/h1-6,13-14H,7-8H2/b4-3+. The number of rotatable bonds is 4. The van der Waals surface area contributed by atoms with E-state index in [1.807, 2.05) is 24.3 Å². The zero-order chi connectivity index (χ0) is 10.2. The number of hydrogen-bond donors (Lipinski definition) is 2. The van der Waals surface area contributed by atoms with Crippen LogP contribution in [-0.2, 0) is 0 Å². The lowest BCUT2D eigenvalue weighted by Gasteiger charge is -2.04. The first-order chi connectivity index (χ1) is 6.88. The lowest BCUT2D eigenvalue weighted by molar-refractivity contribution is 0.342. The quantitative estimate of drug-likeness (QED) is 0.704. The number of aliphatic hydroxyl groups is 1. The molecule has 0 aliphatic heterocycles. The van der Waals surface area contributed by atoms with Crippen LogP contribution in [0.3, 0.4) is 0 Å². The Kier molecular flexibility index (Phi) is 4.25. The Labute approximate surface area is 83.3 Å². The van der Waals surface area contributed by atoms with Gasteiger partial charge in [-0.2, -0.15) is 5.26 Å². The van der Waals surface area contributed by atoms with E-state index in [4.69, 9.17) is 10.4 Å². The van der Waals surface area contributed by atoms with Gasteiger partial charge in [-0.05, 0) is 12.1 Å². The first kappa shape index (κ1) is 10.3. The molecule has 72 valence electrons. The van der Waals surface area contributed by atoms with Gasteiger partial charge in [0.25, 0.3) is 0 Å². The molecule has 2 N–H and O–H groups in total. The van der Waals surface area contributed by atoms with E-state index in [2.05, 4.69) is 11.4 Å². The first-order valence-electron chi connectivity index (χ1n) is 4.37. The summed E-state index contributed by atoms with van der Waals surface area (Å²) in [4.78, 5) is 0. The number of anilines is 1. The molecular weight excluding hydrogens is 176 g/mol. The van der Waals surface area contributed by atoms with Crippen molar-refractivity contribution in [1.29, 1.82) is 5.26 Å². The topological polar surface area (TPSA) is 56.0 Å². The van der Waals surface area contributed by atoms with E-state index in [-0.39, 0.29) is 6.61 Å². The van der Waals surface area contributed by atoms with Crippen molar-refractivity contribution in [3.63, 3.8) is 0 Å². The van der Waals surface area contributed by atoms with Gasteiger partial charge in [0.2, 0.25) is 0 Å². The molecule has 0 unspecified atom stereocenters. The van der Waals surface area contributed by atoms with Gasteiger partial charge in [-0.15, -0.1) is 0 Å². The van der Waals surface area contributed by atoms with Gasteiger partial charge in [0.05, 0.1) is 17.9 Å². The molecule has 3 heteroatoms. The molecule has 0 aliphatic carbocycles. The van der Waals surface area contributed by atoms with Crippen LogP contribution in [0.1, 0.15) is 5.56 Å². The lowest BCUT2D eigenvalue weighted by atomic mass is 10.2. The Morgan fingerprint density at radius 1 is 1.36 bits per heavy atom. The van der Waals surface area contributed by atoms with E-state index in [1.54, 1.807) is 12.1 Å². The number of nitrogens with zero attached hydrogens (tertiary/aromatic N) is 1. The molecule has 0 atom stereocenters. The number of benzene rings is 1. The number of para-hydroxylation sites is 1. The summed E-state index contributed by atoms with van der Waals surface area (Å²) >= 11 is 0. The van der Waals surface area contributed by atoms with E-state index in [0.717, 1.165) is 5.69 Å². The molecule has 1 aromatic rings. The van der Waals surface area contributed by atoms with Crippen molar-refractivity contribution in [1.82, 2.24) is 0 Å². The highest BCUT2D eigenvalue weighted by Crippen LogP contribution is 2.12. The molecular formula is C11H12N2O. The SMILES string of the molecule is N#Cc1ccccc1NC/C=C/CO. The minimum atomic E-state index is 0.0432. The van der Waals surface area contributed by atoms with Crippen LogP contribution in [0.25, 0.3) is 0 Å². The smallest absolute Gasteiger partial charge is 0.101 e. The second-order valence-corrected chi connectivity index (χ2v) is 2.69. The summed E-state index contributed by atoms with van der Waals surface area (Å²) in [6, 6.07) is 9.42. The summed E-state index contributed by atoms with van der Waals surface area (Å²) < 4.78 is 0. The molecule has 0 bridgehead atoms. The minimum absolute atomic E-state index is 0.0432. The second-order valence-electron chi connectivity index (χ2n) is 2.69. The Morgan fingerprint density at radius 3 is 2.86 bits per heavy atom. The molecule has 0 saturated carbocycles. The van der Waals surface area contributed by atoms with Crippen molar-refractivity contribution in [2.45, 2.75) is 0 Å². The average molecular weight is 188 g/mol. The lowest BCUT2D eigenvalue weighted by Crippen LogP contribution is -2.00. The van der Waals surface area contributed by atoms with Gasteiger partial charge in [0.1, 0.15) is 6.07 Å². The van der Waals surface area contributed by atoms with E-state index in [9.17, 15) is 0 Å². The summed E-state index contributed by atoms with van der Waals surface area (Å²) in [5.74, 6) is 0. The predicted octanol–water partition coefficient (Wildman–Crippen LogP) is 1.52. The Hall–Kier alpha value is -1.79. The molecule has 14 heavy (non-hydrogen) atoms. The minimum Gasteiger partial charge on any atom is -0.392 e. The predicted molar refractivity (Wildman–Crippen MR) is 55.9 cm³/mol. The molecule has 0 aromatic heterocycles. The maximum absolute atomic E-state index is 8.77. The highest BCUT2D eigenvalue weighted by molar-refractivity contribution is 5.57. The number of nitrogens with one attached hydrogen (secondary N) is 1. The summed E-state index contributed by atoms with van der Waals surface area (Å²) in [6.45, 7) is 0.654. The van der Waals surface area contributed by atoms with Gasteiger partial charge in [-0.25, -0.2) is 0 Å². The third kappa shape index (κ3) is 2.92. The summed E-state index contributed by atoms with van der Waals surface area (Å²) in [5.41, 5.74) is 1.45. The fourth-order valence-electron chi connectivity index (χ4n) is 1.06. The van der Waals surface area contributed by atoms with Crippen molar-refractivity contribution in [2.75, 3.05) is 18.5 Å². The first-order valence-corrected chi connectivity index (χ1v) is 4.37. The maximum atomic E-state index is 8.77. The molecule has 0 heterocycles.